The molecule has 4 rings (SSSR count). The Morgan fingerprint density at radius 1 is 1.26 bits per heavy atom. The molecule has 2 aromatic rings. The molecule has 7 heteroatoms. The Bertz CT molecular complexity index is 804. The number of aliphatic hydroxyl groups excluding tert-OH is 1. The van der Waals surface area contributed by atoms with E-state index >= 15 is 0 Å². The maximum atomic E-state index is 9.29. The largest absolute Gasteiger partial charge is 0.474 e. The van der Waals surface area contributed by atoms with E-state index in [2.05, 4.69) is 15.3 Å². The van der Waals surface area contributed by atoms with Crippen molar-refractivity contribution in [2.45, 2.75) is 43.9 Å². The summed E-state index contributed by atoms with van der Waals surface area (Å²) in [6.45, 7) is 0.222. The van der Waals surface area contributed by atoms with Gasteiger partial charge in [0.15, 0.2) is 0 Å². The molecule has 2 aliphatic rings. The van der Waals surface area contributed by atoms with E-state index in [4.69, 9.17) is 21.1 Å². The third kappa shape index (κ3) is 4.03. The molecule has 1 aromatic heterocycles. The van der Waals surface area contributed by atoms with E-state index in [1.54, 1.807) is 7.11 Å². The molecule has 0 spiro atoms. The van der Waals surface area contributed by atoms with E-state index in [-0.39, 0.29) is 24.9 Å². The highest BCUT2D eigenvalue weighted by atomic mass is 35.5. The summed E-state index contributed by atoms with van der Waals surface area (Å²) in [6, 6.07) is 7.76. The van der Waals surface area contributed by atoms with Crippen LogP contribution in [0, 0.1) is 5.92 Å². The molecular weight excluding hydrogens is 366 g/mol. The maximum Gasteiger partial charge on any atom is 0.218 e. The monoisotopic (exact) mass is 389 g/mol. The number of rotatable bonds is 6. The molecule has 1 heterocycles. The average molecular weight is 390 g/mol. The van der Waals surface area contributed by atoms with Gasteiger partial charge in [0.2, 0.25) is 5.88 Å². The molecule has 2 N–H and O–H groups in total. The van der Waals surface area contributed by atoms with Gasteiger partial charge in [0.25, 0.3) is 0 Å². The fraction of sp³-hybridized carbons (Fsp3) is 0.500. The fourth-order valence-corrected chi connectivity index (χ4v) is 4.29. The number of nitrogens with one attached hydrogen (secondary N) is 1. The Hall–Kier alpha value is -1.89. The van der Waals surface area contributed by atoms with Gasteiger partial charge in [0.1, 0.15) is 18.2 Å². The number of nitrogens with zero attached hydrogens (tertiary/aromatic N) is 2. The molecule has 0 amide bonds. The van der Waals surface area contributed by atoms with Crippen molar-refractivity contribution >= 4 is 17.4 Å². The topological polar surface area (TPSA) is 76.5 Å². The van der Waals surface area contributed by atoms with Crippen LogP contribution in [0.15, 0.2) is 30.6 Å². The first-order valence-corrected chi connectivity index (χ1v) is 9.71. The molecule has 27 heavy (non-hydrogen) atoms. The number of anilines is 1. The Morgan fingerprint density at radius 2 is 2.15 bits per heavy atom. The number of ether oxygens (including phenoxy) is 2. The van der Waals surface area contributed by atoms with Crippen LogP contribution in [-0.2, 0) is 11.2 Å². The second-order valence-electron chi connectivity index (χ2n) is 7.29. The van der Waals surface area contributed by atoms with Crippen molar-refractivity contribution < 1.29 is 14.6 Å². The summed E-state index contributed by atoms with van der Waals surface area (Å²) in [5.74, 6) is 1.59. The summed E-state index contributed by atoms with van der Waals surface area (Å²) >= 11 is 6.13. The molecule has 1 fully saturated rings. The molecule has 1 saturated carbocycles. The van der Waals surface area contributed by atoms with Crippen molar-refractivity contribution in [3.8, 4) is 5.88 Å². The van der Waals surface area contributed by atoms with Gasteiger partial charge in [-0.15, -0.1) is 0 Å². The summed E-state index contributed by atoms with van der Waals surface area (Å²) in [6.07, 6.45) is 5.24. The van der Waals surface area contributed by atoms with Crippen molar-refractivity contribution in [3.63, 3.8) is 0 Å². The van der Waals surface area contributed by atoms with Crippen LogP contribution in [0.2, 0.25) is 5.02 Å². The molecule has 1 aromatic carbocycles. The Balaban J connectivity index is 1.48. The van der Waals surface area contributed by atoms with E-state index in [9.17, 15) is 5.11 Å². The molecule has 0 saturated heterocycles. The molecule has 4 unspecified atom stereocenters. The van der Waals surface area contributed by atoms with Crippen molar-refractivity contribution in [1.29, 1.82) is 0 Å². The lowest BCUT2D eigenvalue weighted by Crippen LogP contribution is -2.24. The Labute approximate surface area is 163 Å². The number of aromatic nitrogens is 2. The quantitative estimate of drug-likeness (QED) is 0.788. The normalized spacial score (nSPS) is 26.8. The number of fused-ring (bicyclic) bond motifs is 1. The van der Waals surface area contributed by atoms with E-state index in [0.717, 1.165) is 30.7 Å². The Morgan fingerprint density at radius 3 is 2.93 bits per heavy atom. The minimum Gasteiger partial charge on any atom is -0.474 e. The summed E-state index contributed by atoms with van der Waals surface area (Å²) in [5.41, 5.74) is 2.37. The first-order chi connectivity index (χ1) is 13.2. The molecule has 2 aliphatic carbocycles. The van der Waals surface area contributed by atoms with Crippen LogP contribution in [0.3, 0.4) is 0 Å². The van der Waals surface area contributed by atoms with Crippen LogP contribution in [0.1, 0.15) is 36.4 Å². The molecule has 0 aliphatic heterocycles. The van der Waals surface area contributed by atoms with Gasteiger partial charge in [0.05, 0.1) is 12.1 Å². The Kier molecular flexibility index (Phi) is 5.48. The van der Waals surface area contributed by atoms with E-state index < -0.39 is 0 Å². The SMILES string of the molecule is COC1Cc2cc(Cl)ccc2C1Nc1cc(OC2CCC(CO)C2)ncn1. The molecule has 0 radical (unpaired) electrons. The number of benzene rings is 1. The second kappa shape index (κ2) is 8.00. The van der Waals surface area contributed by atoms with Crippen LogP contribution in [0.4, 0.5) is 5.82 Å². The summed E-state index contributed by atoms with van der Waals surface area (Å²) < 4.78 is 11.7. The zero-order valence-corrected chi connectivity index (χ0v) is 16.0. The van der Waals surface area contributed by atoms with Crippen molar-refractivity contribution in [2.24, 2.45) is 5.92 Å². The fourth-order valence-electron chi connectivity index (χ4n) is 4.09. The zero-order chi connectivity index (χ0) is 18.8. The van der Waals surface area contributed by atoms with Gasteiger partial charge in [-0.2, -0.15) is 0 Å². The lowest BCUT2D eigenvalue weighted by Gasteiger charge is -2.21. The van der Waals surface area contributed by atoms with Gasteiger partial charge in [-0.05, 0) is 48.4 Å². The molecule has 4 atom stereocenters. The summed E-state index contributed by atoms with van der Waals surface area (Å²) in [5, 5.41) is 13.5. The van der Waals surface area contributed by atoms with Gasteiger partial charge in [-0.25, -0.2) is 9.97 Å². The molecule has 144 valence electrons. The predicted molar refractivity (Wildman–Crippen MR) is 103 cm³/mol. The standard InChI is InChI=1S/C20H24ClN3O3/c1-26-17-8-13-7-14(21)3-5-16(13)20(17)24-18-9-19(23-11-22-18)27-15-4-2-12(6-15)10-25/h3,5,7,9,11-12,15,17,20,25H,2,4,6,8,10H2,1H3,(H,22,23,24). The van der Waals surface area contributed by atoms with Gasteiger partial charge >= 0.3 is 0 Å². The highest BCUT2D eigenvalue weighted by Gasteiger charge is 2.33. The van der Waals surface area contributed by atoms with Gasteiger partial charge in [0, 0.05) is 31.2 Å². The van der Waals surface area contributed by atoms with Gasteiger partial charge in [-0.1, -0.05) is 17.7 Å². The van der Waals surface area contributed by atoms with Crippen molar-refractivity contribution in [3.05, 3.63) is 46.7 Å². The van der Waals surface area contributed by atoms with E-state index in [1.165, 1.54) is 17.5 Å². The smallest absolute Gasteiger partial charge is 0.218 e. The molecule has 0 bridgehead atoms. The van der Waals surface area contributed by atoms with E-state index in [1.807, 2.05) is 24.3 Å². The third-order valence-electron chi connectivity index (χ3n) is 5.52. The first-order valence-electron chi connectivity index (χ1n) is 9.33. The summed E-state index contributed by atoms with van der Waals surface area (Å²) in [4.78, 5) is 8.58. The number of hydrogen-bond donors (Lipinski definition) is 2. The average Bonchev–Trinajstić information content (AvgIpc) is 3.26. The maximum absolute atomic E-state index is 9.29. The highest BCUT2D eigenvalue weighted by molar-refractivity contribution is 6.30. The third-order valence-corrected chi connectivity index (χ3v) is 5.75. The van der Waals surface area contributed by atoms with Crippen molar-refractivity contribution in [2.75, 3.05) is 19.0 Å². The highest BCUT2D eigenvalue weighted by Crippen LogP contribution is 2.37. The van der Waals surface area contributed by atoms with Crippen LogP contribution in [0.25, 0.3) is 0 Å². The first kappa shape index (κ1) is 18.5. The lowest BCUT2D eigenvalue weighted by molar-refractivity contribution is 0.0959. The van der Waals surface area contributed by atoms with Gasteiger partial charge in [-0.3, -0.25) is 0 Å². The molecule has 6 nitrogen and oxygen atoms in total. The second-order valence-corrected chi connectivity index (χ2v) is 7.72. The summed E-state index contributed by atoms with van der Waals surface area (Å²) in [7, 11) is 1.72. The number of hydrogen-bond acceptors (Lipinski definition) is 6. The van der Waals surface area contributed by atoms with Crippen LogP contribution >= 0.6 is 11.6 Å². The van der Waals surface area contributed by atoms with Gasteiger partial charge < -0.3 is 19.9 Å². The zero-order valence-electron chi connectivity index (χ0n) is 15.3. The van der Waals surface area contributed by atoms with Crippen LogP contribution in [0.5, 0.6) is 5.88 Å². The van der Waals surface area contributed by atoms with Crippen LogP contribution < -0.4 is 10.1 Å². The number of methoxy groups -OCH3 is 1. The minimum atomic E-state index is -0.00438. The van der Waals surface area contributed by atoms with Crippen LogP contribution in [-0.4, -0.2) is 41.0 Å². The number of halogens is 1. The predicted octanol–water partition coefficient (Wildman–Crippen LogP) is 3.39. The lowest BCUT2D eigenvalue weighted by atomic mass is 10.1. The molecular formula is C20H24ClN3O3. The minimum absolute atomic E-state index is 0.00438. The van der Waals surface area contributed by atoms with E-state index in [0.29, 0.717) is 17.6 Å². The van der Waals surface area contributed by atoms with Crippen molar-refractivity contribution in [1.82, 2.24) is 9.97 Å². The number of aliphatic hydroxyl groups is 1.